The first kappa shape index (κ1) is 11.3. The van der Waals surface area contributed by atoms with E-state index in [4.69, 9.17) is 10.4 Å². The van der Waals surface area contributed by atoms with E-state index >= 15 is 0 Å². The zero-order valence-electron chi connectivity index (χ0n) is 10.6. The van der Waals surface area contributed by atoms with Crippen molar-refractivity contribution in [2.45, 2.75) is 38.6 Å². The molecule has 18 heavy (non-hydrogen) atoms. The van der Waals surface area contributed by atoms with Gasteiger partial charge in [-0.1, -0.05) is 13.3 Å². The van der Waals surface area contributed by atoms with Crippen molar-refractivity contribution in [3.05, 3.63) is 12.1 Å². The third-order valence-corrected chi connectivity index (χ3v) is 3.47. The SMILES string of the molecule is CCCCN(c1ccc(N)c2nonc12)C1CC1. The molecular formula is C13H18N4O. The molecule has 0 amide bonds. The fourth-order valence-corrected chi connectivity index (χ4v) is 2.32. The number of nitrogens with two attached hydrogens (primary N) is 1. The highest BCUT2D eigenvalue weighted by Gasteiger charge is 2.30. The molecule has 0 aliphatic heterocycles. The van der Waals surface area contributed by atoms with Gasteiger partial charge in [-0.15, -0.1) is 0 Å². The molecule has 0 unspecified atom stereocenters. The predicted molar refractivity (Wildman–Crippen MR) is 71.5 cm³/mol. The number of fused-ring (bicyclic) bond motifs is 1. The van der Waals surface area contributed by atoms with Crippen molar-refractivity contribution in [1.29, 1.82) is 0 Å². The molecule has 5 heteroatoms. The summed E-state index contributed by atoms with van der Waals surface area (Å²) in [6.07, 6.45) is 4.91. The minimum absolute atomic E-state index is 0.626. The van der Waals surface area contributed by atoms with E-state index in [1.165, 1.54) is 25.7 Å². The molecule has 0 radical (unpaired) electrons. The first-order valence-electron chi connectivity index (χ1n) is 6.58. The Morgan fingerprint density at radius 3 is 2.83 bits per heavy atom. The lowest BCUT2D eigenvalue weighted by molar-refractivity contribution is 0.315. The van der Waals surface area contributed by atoms with Crippen LogP contribution in [0.2, 0.25) is 0 Å². The lowest BCUT2D eigenvalue weighted by atomic mass is 10.2. The van der Waals surface area contributed by atoms with Gasteiger partial charge in [-0.05, 0) is 41.7 Å². The molecule has 0 atom stereocenters. The summed E-state index contributed by atoms with van der Waals surface area (Å²) in [6.45, 7) is 3.27. The minimum atomic E-state index is 0.626. The van der Waals surface area contributed by atoms with Crippen LogP contribution in [0.25, 0.3) is 11.0 Å². The van der Waals surface area contributed by atoms with Crippen LogP contribution in [0.15, 0.2) is 16.8 Å². The number of hydrogen-bond donors (Lipinski definition) is 1. The van der Waals surface area contributed by atoms with Crippen LogP contribution in [0.4, 0.5) is 11.4 Å². The Morgan fingerprint density at radius 1 is 1.33 bits per heavy atom. The number of unbranched alkanes of at least 4 members (excludes halogenated alkanes) is 1. The largest absolute Gasteiger partial charge is 0.397 e. The van der Waals surface area contributed by atoms with E-state index in [9.17, 15) is 0 Å². The average molecular weight is 246 g/mol. The topological polar surface area (TPSA) is 68.2 Å². The van der Waals surface area contributed by atoms with Crippen molar-refractivity contribution >= 4 is 22.4 Å². The van der Waals surface area contributed by atoms with Gasteiger partial charge in [-0.2, -0.15) is 0 Å². The standard InChI is InChI=1S/C13H18N4O/c1-2-3-8-17(9-4-5-9)11-7-6-10(14)12-13(11)16-18-15-12/h6-7,9H,2-5,8,14H2,1H3. The number of benzene rings is 1. The summed E-state index contributed by atoms with van der Waals surface area (Å²) >= 11 is 0. The summed E-state index contributed by atoms with van der Waals surface area (Å²) in [5.41, 5.74) is 9.08. The van der Waals surface area contributed by atoms with Gasteiger partial charge < -0.3 is 10.6 Å². The van der Waals surface area contributed by atoms with Crippen LogP contribution >= 0.6 is 0 Å². The fraction of sp³-hybridized carbons (Fsp3) is 0.538. The lowest BCUT2D eigenvalue weighted by Crippen LogP contribution is -2.27. The van der Waals surface area contributed by atoms with Crippen molar-refractivity contribution < 1.29 is 4.63 Å². The molecule has 1 aromatic carbocycles. The van der Waals surface area contributed by atoms with Gasteiger partial charge in [0.2, 0.25) is 0 Å². The number of nitrogens with zero attached hydrogens (tertiary/aromatic N) is 3. The lowest BCUT2D eigenvalue weighted by Gasteiger charge is -2.24. The van der Waals surface area contributed by atoms with Crippen molar-refractivity contribution in [3.8, 4) is 0 Å². The summed E-state index contributed by atoms with van der Waals surface area (Å²) in [5, 5.41) is 7.89. The van der Waals surface area contributed by atoms with Gasteiger partial charge in [0.05, 0.1) is 11.4 Å². The van der Waals surface area contributed by atoms with Crippen molar-refractivity contribution in [2.75, 3.05) is 17.2 Å². The fourth-order valence-electron chi connectivity index (χ4n) is 2.32. The third kappa shape index (κ3) is 1.89. The van der Waals surface area contributed by atoms with E-state index in [1.54, 1.807) is 0 Å². The second-order valence-electron chi connectivity index (χ2n) is 4.91. The Bertz CT molecular complexity index is 547. The molecule has 1 aliphatic carbocycles. The van der Waals surface area contributed by atoms with E-state index in [2.05, 4.69) is 22.1 Å². The van der Waals surface area contributed by atoms with Crippen LogP contribution in [0, 0.1) is 0 Å². The molecule has 2 aromatic rings. The Kier molecular flexibility index (Phi) is 2.81. The van der Waals surface area contributed by atoms with Crippen LogP contribution in [-0.2, 0) is 0 Å². The summed E-state index contributed by atoms with van der Waals surface area (Å²) in [7, 11) is 0. The molecule has 2 N–H and O–H groups in total. The Labute approximate surface area is 106 Å². The van der Waals surface area contributed by atoms with Gasteiger partial charge in [0.15, 0.2) is 11.0 Å². The molecule has 1 aliphatic rings. The number of hydrogen-bond acceptors (Lipinski definition) is 5. The maximum absolute atomic E-state index is 5.88. The van der Waals surface area contributed by atoms with Gasteiger partial charge in [0, 0.05) is 12.6 Å². The first-order valence-corrected chi connectivity index (χ1v) is 6.58. The minimum Gasteiger partial charge on any atom is -0.397 e. The molecule has 0 saturated heterocycles. The van der Waals surface area contributed by atoms with Gasteiger partial charge in [0.1, 0.15) is 0 Å². The zero-order chi connectivity index (χ0) is 12.5. The van der Waals surface area contributed by atoms with Crippen LogP contribution in [0.1, 0.15) is 32.6 Å². The molecule has 5 nitrogen and oxygen atoms in total. The van der Waals surface area contributed by atoms with Crippen LogP contribution in [-0.4, -0.2) is 22.9 Å². The van der Waals surface area contributed by atoms with Gasteiger partial charge in [0.25, 0.3) is 0 Å². The summed E-state index contributed by atoms with van der Waals surface area (Å²) in [5.74, 6) is 0. The summed E-state index contributed by atoms with van der Waals surface area (Å²) in [4.78, 5) is 2.43. The monoisotopic (exact) mass is 246 g/mol. The van der Waals surface area contributed by atoms with Gasteiger partial charge in [-0.25, -0.2) is 4.63 Å². The van der Waals surface area contributed by atoms with E-state index in [0.717, 1.165) is 17.7 Å². The molecule has 0 bridgehead atoms. The van der Waals surface area contributed by atoms with E-state index in [-0.39, 0.29) is 0 Å². The van der Waals surface area contributed by atoms with Crippen LogP contribution < -0.4 is 10.6 Å². The number of anilines is 2. The highest BCUT2D eigenvalue weighted by Crippen LogP contribution is 2.36. The Hall–Kier alpha value is -1.78. The maximum Gasteiger partial charge on any atom is 0.160 e. The average Bonchev–Trinajstić information content (AvgIpc) is 3.08. The van der Waals surface area contributed by atoms with E-state index in [1.807, 2.05) is 12.1 Å². The third-order valence-electron chi connectivity index (χ3n) is 3.47. The summed E-state index contributed by atoms with van der Waals surface area (Å²) < 4.78 is 4.83. The van der Waals surface area contributed by atoms with Crippen LogP contribution in [0.5, 0.6) is 0 Å². The van der Waals surface area contributed by atoms with Crippen molar-refractivity contribution in [3.63, 3.8) is 0 Å². The van der Waals surface area contributed by atoms with Crippen LogP contribution in [0.3, 0.4) is 0 Å². The number of rotatable bonds is 5. The molecule has 1 saturated carbocycles. The highest BCUT2D eigenvalue weighted by atomic mass is 16.6. The van der Waals surface area contributed by atoms with Gasteiger partial charge >= 0.3 is 0 Å². The normalized spacial score (nSPS) is 15.2. The number of aromatic nitrogens is 2. The van der Waals surface area contributed by atoms with Crippen molar-refractivity contribution in [2.24, 2.45) is 0 Å². The second-order valence-corrected chi connectivity index (χ2v) is 4.91. The molecule has 1 heterocycles. The van der Waals surface area contributed by atoms with E-state index in [0.29, 0.717) is 17.2 Å². The Balaban J connectivity index is 2.00. The highest BCUT2D eigenvalue weighted by molar-refractivity contribution is 5.95. The molecule has 1 aromatic heterocycles. The molecular weight excluding hydrogens is 228 g/mol. The number of nitrogen functional groups attached to an aromatic ring is 1. The maximum atomic E-state index is 5.88. The van der Waals surface area contributed by atoms with E-state index < -0.39 is 0 Å². The molecule has 96 valence electrons. The quantitative estimate of drug-likeness (QED) is 0.821. The second kappa shape index (κ2) is 4.48. The molecule has 0 spiro atoms. The predicted octanol–water partition coefficient (Wildman–Crippen LogP) is 2.57. The molecule has 1 fully saturated rings. The van der Waals surface area contributed by atoms with Crippen molar-refractivity contribution in [1.82, 2.24) is 10.3 Å². The summed E-state index contributed by atoms with van der Waals surface area (Å²) in [6, 6.07) is 4.58. The first-order chi connectivity index (χ1) is 8.81. The smallest absolute Gasteiger partial charge is 0.160 e. The Morgan fingerprint density at radius 2 is 2.11 bits per heavy atom. The molecule has 3 rings (SSSR count). The van der Waals surface area contributed by atoms with Gasteiger partial charge in [-0.3, -0.25) is 0 Å². The zero-order valence-corrected chi connectivity index (χ0v) is 10.6.